The van der Waals surface area contributed by atoms with Gasteiger partial charge in [0.2, 0.25) is 5.91 Å². The molecular formula is C23H36N4O3. The lowest BCUT2D eigenvalue weighted by atomic mass is 9.92. The van der Waals surface area contributed by atoms with Gasteiger partial charge in [0.25, 0.3) is 5.91 Å². The molecule has 2 fully saturated rings. The number of carbonyl (C=O) groups is 2. The summed E-state index contributed by atoms with van der Waals surface area (Å²) in [6.45, 7) is 6.68. The molecule has 0 aromatic heterocycles. The predicted molar refractivity (Wildman–Crippen MR) is 118 cm³/mol. The molecule has 0 spiro atoms. The SMILES string of the molecule is Cc1ccc(C(=O)NCC(=O)N2CCC(N3CCC(CCN(C)C)CC3)C2)cc1O. The highest BCUT2D eigenvalue weighted by molar-refractivity contribution is 5.96. The highest BCUT2D eigenvalue weighted by Gasteiger charge is 2.32. The van der Waals surface area contributed by atoms with E-state index in [9.17, 15) is 14.7 Å². The van der Waals surface area contributed by atoms with E-state index in [1.807, 2.05) is 4.90 Å². The van der Waals surface area contributed by atoms with Gasteiger partial charge >= 0.3 is 0 Å². The van der Waals surface area contributed by atoms with Gasteiger partial charge in [-0.15, -0.1) is 0 Å². The van der Waals surface area contributed by atoms with E-state index in [1.165, 1.54) is 25.3 Å². The second-order valence-electron chi connectivity index (χ2n) is 9.04. The minimum atomic E-state index is -0.339. The molecule has 30 heavy (non-hydrogen) atoms. The number of amides is 2. The van der Waals surface area contributed by atoms with Crippen LogP contribution in [-0.4, -0.2) is 91.0 Å². The summed E-state index contributed by atoms with van der Waals surface area (Å²) in [6, 6.07) is 5.22. The van der Waals surface area contributed by atoms with Gasteiger partial charge in [-0.3, -0.25) is 14.5 Å². The molecule has 2 amide bonds. The largest absolute Gasteiger partial charge is 0.508 e. The molecule has 2 aliphatic heterocycles. The minimum absolute atomic E-state index is 0.00714. The second-order valence-corrected chi connectivity index (χ2v) is 9.04. The smallest absolute Gasteiger partial charge is 0.251 e. The number of likely N-dealkylation sites (tertiary alicyclic amines) is 2. The van der Waals surface area contributed by atoms with Gasteiger partial charge in [0, 0.05) is 24.7 Å². The van der Waals surface area contributed by atoms with Crippen LogP contribution >= 0.6 is 0 Å². The number of benzene rings is 1. The fraction of sp³-hybridized carbons (Fsp3) is 0.652. The molecule has 7 nitrogen and oxygen atoms in total. The lowest BCUT2D eigenvalue weighted by Gasteiger charge is -2.36. The fourth-order valence-electron chi connectivity index (χ4n) is 4.43. The lowest BCUT2D eigenvalue weighted by Crippen LogP contribution is -2.45. The maximum Gasteiger partial charge on any atom is 0.251 e. The van der Waals surface area contributed by atoms with Gasteiger partial charge in [-0.1, -0.05) is 6.07 Å². The Morgan fingerprint density at radius 2 is 1.90 bits per heavy atom. The molecule has 1 unspecified atom stereocenters. The first-order valence-corrected chi connectivity index (χ1v) is 11.1. The Morgan fingerprint density at radius 3 is 2.57 bits per heavy atom. The molecule has 0 saturated carbocycles. The number of carbonyl (C=O) groups excluding carboxylic acids is 2. The standard InChI is InChI=1S/C23H36N4O3/c1-17-4-5-19(14-21(17)28)23(30)24-15-22(29)27-13-9-20(16-27)26-11-7-18(8-12-26)6-10-25(2)3/h4-5,14,18,20,28H,6-13,15-16H2,1-3H3,(H,24,30). The Labute approximate surface area is 180 Å². The van der Waals surface area contributed by atoms with Crippen molar-refractivity contribution in [3.8, 4) is 5.75 Å². The van der Waals surface area contributed by atoms with Crippen molar-refractivity contribution >= 4 is 11.8 Å². The molecule has 2 N–H and O–H groups in total. The van der Waals surface area contributed by atoms with E-state index in [0.29, 0.717) is 17.2 Å². The van der Waals surface area contributed by atoms with E-state index >= 15 is 0 Å². The average Bonchev–Trinajstić information content (AvgIpc) is 3.23. The number of hydrogen-bond acceptors (Lipinski definition) is 5. The molecule has 166 valence electrons. The van der Waals surface area contributed by atoms with Crippen molar-refractivity contribution in [1.82, 2.24) is 20.0 Å². The summed E-state index contributed by atoms with van der Waals surface area (Å²) in [7, 11) is 4.26. The highest BCUT2D eigenvalue weighted by atomic mass is 16.3. The van der Waals surface area contributed by atoms with Gasteiger partial charge in [0.15, 0.2) is 0 Å². The van der Waals surface area contributed by atoms with Crippen molar-refractivity contribution in [2.75, 3.05) is 53.4 Å². The third-order valence-corrected chi connectivity index (χ3v) is 6.54. The van der Waals surface area contributed by atoms with Crippen molar-refractivity contribution in [2.45, 2.75) is 38.6 Å². The molecule has 1 aromatic carbocycles. The number of aryl methyl sites for hydroxylation is 1. The molecule has 2 heterocycles. The number of nitrogens with one attached hydrogen (secondary N) is 1. The molecule has 1 atom stereocenters. The minimum Gasteiger partial charge on any atom is -0.508 e. The Kier molecular flexibility index (Phi) is 7.72. The first-order chi connectivity index (χ1) is 14.3. The molecular weight excluding hydrogens is 380 g/mol. The number of phenols is 1. The summed E-state index contributed by atoms with van der Waals surface area (Å²) in [5, 5.41) is 12.4. The van der Waals surface area contributed by atoms with E-state index in [4.69, 9.17) is 0 Å². The number of nitrogens with zero attached hydrogens (tertiary/aromatic N) is 3. The number of hydrogen-bond donors (Lipinski definition) is 2. The van der Waals surface area contributed by atoms with Crippen molar-refractivity contribution in [2.24, 2.45) is 5.92 Å². The van der Waals surface area contributed by atoms with Crippen LogP contribution in [0.3, 0.4) is 0 Å². The van der Waals surface area contributed by atoms with E-state index in [0.717, 1.165) is 45.1 Å². The Bertz CT molecular complexity index is 744. The molecule has 0 aliphatic carbocycles. The topological polar surface area (TPSA) is 76.1 Å². The summed E-state index contributed by atoms with van der Waals surface area (Å²) < 4.78 is 0. The monoisotopic (exact) mass is 416 g/mol. The third-order valence-electron chi connectivity index (χ3n) is 6.54. The maximum absolute atomic E-state index is 12.6. The summed E-state index contributed by atoms with van der Waals surface area (Å²) in [4.78, 5) is 31.5. The Balaban J connectivity index is 1.40. The van der Waals surface area contributed by atoms with Crippen LogP contribution in [0.15, 0.2) is 18.2 Å². The molecule has 0 radical (unpaired) electrons. The van der Waals surface area contributed by atoms with Crippen LogP contribution in [0.5, 0.6) is 5.75 Å². The predicted octanol–water partition coefficient (Wildman–Crippen LogP) is 1.70. The first-order valence-electron chi connectivity index (χ1n) is 11.1. The van der Waals surface area contributed by atoms with Gasteiger partial charge in [0.05, 0.1) is 6.54 Å². The third kappa shape index (κ3) is 5.95. The van der Waals surface area contributed by atoms with Crippen molar-refractivity contribution in [3.05, 3.63) is 29.3 Å². The molecule has 1 aromatic rings. The number of rotatable bonds is 7. The summed E-state index contributed by atoms with van der Waals surface area (Å²) in [5.41, 5.74) is 1.08. The van der Waals surface area contributed by atoms with Crippen LogP contribution in [0.2, 0.25) is 0 Å². The van der Waals surface area contributed by atoms with Gasteiger partial charge in [-0.05, 0) is 90.0 Å². The van der Waals surface area contributed by atoms with Crippen LogP contribution in [0.1, 0.15) is 41.6 Å². The van der Waals surface area contributed by atoms with E-state index in [-0.39, 0.29) is 24.1 Å². The van der Waals surface area contributed by atoms with Crippen LogP contribution in [-0.2, 0) is 4.79 Å². The van der Waals surface area contributed by atoms with Crippen LogP contribution in [0, 0.1) is 12.8 Å². The van der Waals surface area contributed by atoms with Gasteiger partial charge in [-0.2, -0.15) is 0 Å². The zero-order valence-electron chi connectivity index (χ0n) is 18.6. The maximum atomic E-state index is 12.6. The second kappa shape index (κ2) is 10.3. The molecule has 7 heteroatoms. The van der Waals surface area contributed by atoms with Crippen LogP contribution in [0.4, 0.5) is 0 Å². The molecule has 2 aliphatic rings. The summed E-state index contributed by atoms with van der Waals surface area (Å²) >= 11 is 0. The molecule has 3 rings (SSSR count). The number of phenolic OH excluding ortho intramolecular Hbond substituents is 1. The van der Waals surface area contributed by atoms with Gasteiger partial charge < -0.3 is 20.2 Å². The van der Waals surface area contributed by atoms with Crippen molar-refractivity contribution in [1.29, 1.82) is 0 Å². The van der Waals surface area contributed by atoms with Crippen molar-refractivity contribution < 1.29 is 14.7 Å². The zero-order chi connectivity index (χ0) is 21.7. The van der Waals surface area contributed by atoms with Gasteiger partial charge in [0.1, 0.15) is 5.75 Å². The highest BCUT2D eigenvalue weighted by Crippen LogP contribution is 2.25. The normalized spacial score (nSPS) is 20.7. The van der Waals surface area contributed by atoms with Crippen LogP contribution in [0.25, 0.3) is 0 Å². The Morgan fingerprint density at radius 1 is 1.17 bits per heavy atom. The average molecular weight is 417 g/mol. The zero-order valence-corrected chi connectivity index (χ0v) is 18.6. The van der Waals surface area contributed by atoms with E-state index in [2.05, 4.69) is 29.2 Å². The summed E-state index contributed by atoms with van der Waals surface area (Å²) in [6.07, 6.45) is 4.78. The van der Waals surface area contributed by atoms with E-state index < -0.39 is 0 Å². The quantitative estimate of drug-likeness (QED) is 0.708. The fourth-order valence-corrected chi connectivity index (χ4v) is 4.43. The molecule has 2 saturated heterocycles. The van der Waals surface area contributed by atoms with Gasteiger partial charge in [-0.25, -0.2) is 0 Å². The van der Waals surface area contributed by atoms with Crippen molar-refractivity contribution in [3.63, 3.8) is 0 Å². The van der Waals surface area contributed by atoms with E-state index in [1.54, 1.807) is 19.1 Å². The van der Waals surface area contributed by atoms with Crippen LogP contribution < -0.4 is 5.32 Å². The summed E-state index contributed by atoms with van der Waals surface area (Å²) in [5.74, 6) is 0.526. The number of piperidine rings is 1. The molecule has 0 bridgehead atoms. The lowest BCUT2D eigenvalue weighted by molar-refractivity contribution is -0.129. The number of aromatic hydroxyl groups is 1. The first kappa shape index (κ1) is 22.6. The Hall–Kier alpha value is -2.12.